The molecule has 0 amide bonds. The van der Waals surface area contributed by atoms with E-state index in [1.165, 1.54) is 6.33 Å². The normalized spacial score (nSPS) is 12.3. The van der Waals surface area contributed by atoms with E-state index in [1.54, 1.807) is 7.11 Å². The van der Waals surface area contributed by atoms with Crippen LogP contribution in [0.3, 0.4) is 0 Å². The van der Waals surface area contributed by atoms with Gasteiger partial charge in [-0.3, -0.25) is 4.79 Å². The Labute approximate surface area is 198 Å². The topological polar surface area (TPSA) is 103 Å². The monoisotopic (exact) mass is 463 g/mol. The van der Waals surface area contributed by atoms with Crippen LogP contribution in [0.25, 0.3) is 11.3 Å². The Morgan fingerprint density at radius 1 is 1.15 bits per heavy atom. The van der Waals surface area contributed by atoms with Gasteiger partial charge >= 0.3 is 5.97 Å². The number of carbonyl (C=O) groups is 1. The SMILES string of the molecule is CCc1cc(-c2cc(NCCc3c(OC)cc4c(c3C)OCCO4)ncn2)ccc1CC(=O)O. The van der Waals surface area contributed by atoms with Crippen LogP contribution in [-0.2, 0) is 24.1 Å². The summed E-state index contributed by atoms with van der Waals surface area (Å²) in [5.74, 6) is 2.16. The maximum absolute atomic E-state index is 11.1. The van der Waals surface area contributed by atoms with Crippen molar-refractivity contribution in [3.05, 3.63) is 58.9 Å². The van der Waals surface area contributed by atoms with Crippen LogP contribution in [-0.4, -0.2) is 47.9 Å². The Bertz CT molecular complexity index is 1200. The maximum Gasteiger partial charge on any atom is 0.307 e. The number of ether oxygens (including phenoxy) is 3. The summed E-state index contributed by atoms with van der Waals surface area (Å²) in [6, 6.07) is 9.58. The third kappa shape index (κ3) is 5.06. The van der Waals surface area contributed by atoms with Gasteiger partial charge in [0.05, 0.1) is 19.2 Å². The molecule has 0 saturated heterocycles. The first-order valence-electron chi connectivity index (χ1n) is 11.4. The first-order valence-corrected chi connectivity index (χ1v) is 11.4. The lowest BCUT2D eigenvalue weighted by molar-refractivity contribution is -0.136. The van der Waals surface area contributed by atoms with Crippen LogP contribution in [0.5, 0.6) is 17.2 Å². The number of carboxylic acids is 1. The summed E-state index contributed by atoms with van der Waals surface area (Å²) in [6.07, 6.45) is 3.02. The number of aliphatic carboxylic acids is 1. The van der Waals surface area contributed by atoms with Crippen LogP contribution >= 0.6 is 0 Å². The molecule has 0 atom stereocenters. The third-order valence-corrected chi connectivity index (χ3v) is 5.96. The minimum Gasteiger partial charge on any atom is -0.496 e. The molecule has 3 aromatic rings. The van der Waals surface area contributed by atoms with Crippen molar-refractivity contribution in [1.82, 2.24) is 9.97 Å². The van der Waals surface area contributed by atoms with Crippen LogP contribution in [0.2, 0.25) is 0 Å². The predicted octanol–water partition coefficient (Wildman–Crippen LogP) is 4.08. The Morgan fingerprint density at radius 2 is 1.97 bits per heavy atom. The molecule has 1 aliphatic rings. The molecular formula is C26H29N3O5. The lowest BCUT2D eigenvalue weighted by Crippen LogP contribution is -2.17. The molecule has 0 bridgehead atoms. The number of carboxylic acid groups (broad SMARTS) is 1. The lowest BCUT2D eigenvalue weighted by Gasteiger charge is -2.23. The number of aromatic nitrogens is 2. The molecule has 2 N–H and O–H groups in total. The molecule has 1 aromatic heterocycles. The fourth-order valence-corrected chi connectivity index (χ4v) is 4.23. The highest BCUT2D eigenvalue weighted by molar-refractivity contribution is 5.72. The lowest BCUT2D eigenvalue weighted by atomic mass is 9.98. The van der Waals surface area contributed by atoms with Gasteiger partial charge in [-0.25, -0.2) is 9.97 Å². The number of aryl methyl sites for hydroxylation is 1. The molecule has 0 spiro atoms. The Hall–Kier alpha value is -3.81. The second-order valence-corrected chi connectivity index (χ2v) is 8.08. The molecule has 0 saturated carbocycles. The molecule has 2 heterocycles. The van der Waals surface area contributed by atoms with E-state index in [4.69, 9.17) is 19.3 Å². The van der Waals surface area contributed by atoms with Gasteiger partial charge in [0, 0.05) is 35.4 Å². The van der Waals surface area contributed by atoms with Crippen LogP contribution in [0.1, 0.15) is 29.2 Å². The smallest absolute Gasteiger partial charge is 0.307 e. The number of fused-ring (bicyclic) bond motifs is 1. The summed E-state index contributed by atoms with van der Waals surface area (Å²) >= 11 is 0. The summed E-state index contributed by atoms with van der Waals surface area (Å²) in [5.41, 5.74) is 5.63. The molecule has 8 nitrogen and oxygen atoms in total. The number of anilines is 1. The zero-order valence-electron chi connectivity index (χ0n) is 19.7. The van der Waals surface area contributed by atoms with Gasteiger partial charge < -0.3 is 24.6 Å². The number of nitrogens with zero attached hydrogens (tertiary/aromatic N) is 2. The molecule has 0 fully saturated rings. The van der Waals surface area contributed by atoms with E-state index in [-0.39, 0.29) is 6.42 Å². The minimum absolute atomic E-state index is 0.0166. The number of hydrogen-bond acceptors (Lipinski definition) is 7. The van der Waals surface area contributed by atoms with Gasteiger partial charge in [-0.15, -0.1) is 0 Å². The number of benzene rings is 2. The number of methoxy groups -OCH3 is 1. The largest absolute Gasteiger partial charge is 0.496 e. The summed E-state index contributed by atoms with van der Waals surface area (Å²) in [6.45, 7) is 5.76. The van der Waals surface area contributed by atoms with Crippen molar-refractivity contribution >= 4 is 11.8 Å². The van der Waals surface area contributed by atoms with Crippen LogP contribution < -0.4 is 19.5 Å². The predicted molar refractivity (Wildman–Crippen MR) is 129 cm³/mol. The average molecular weight is 464 g/mol. The third-order valence-electron chi connectivity index (χ3n) is 5.96. The highest BCUT2D eigenvalue weighted by Gasteiger charge is 2.21. The molecule has 0 radical (unpaired) electrons. The molecule has 0 aliphatic carbocycles. The number of hydrogen-bond donors (Lipinski definition) is 2. The standard InChI is InChI=1S/C26H29N3O5/c1-4-17-11-19(6-5-18(17)12-25(30)31)21-13-24(29-15-28-21)27-8-7-20-16(2)26-23(14-22(20)32-3)33-9-10-34-26/h5-6,11,13-15H,4,7-10,12H2,1-3H3,(H,30,31)(H,27,28,29). The molecular weight excluding hydrogens is 434 g/mol. The summed E-state index contributed by atoms with van der Waals surface area (Å²) in [4.78, 5) is 19.9. The first kappa shape index (κ1) is 23.4. The molecule has 1 aliphatic heterocycles. The molecule has 0 unspecified atom stereocenters. The summed E-state index contributed by atoms with van der Waals surface area (Å²) in [7, 11) is 1.66. The van der Waals surface area contributed by atoms with Gasteiger partial charge in [0.15, 0.2) is 11.5 Å². The van der Waals surface area contributed by atoms with E-state index >= 15 is 0 Å². The van der Waals surface area contributed by atoms with E-state index in [1.807, 2.05) is 44.2 Å². The Kier molecular flexibility index (Phi) is 7.15. The zero-order valence-corrected chi connectivity index (χ0v) is 19.7. The Morgan fingerprint density at radius 3 is 2.74 bits per heavy atom. The quantitative estimate of drug-likeness (QED) is 0.489. The molecule has 8 heteroatoms. The van der Waals surface area contributed by atoms with Crippen molar-refractivity contribution < 1.29 is 24.1 Å². The zero-order chi connectivity index (χ0) is 24.1. The van der Waals surface area contributed by atoms with Crippen LogP contribution in [0.15, 0.2) is 36.7 Å². The number of rotatable bonds is 9. The van der Waals surface area contributed by atoms with E-state index in [2.05, 4.69) is 15.3 Å². The van der Waals surface area contributed by atoms with Crippen molar-refractivity contribution in [1.29, 1.82) is 0 Å². The number of nitrogens with one attached hydrogen (secondary N) is 1. The van der Waals surface area contributed by atoms with Gasteiger partial charge in [-0.2, -0.15) is 0 Å². The second-order valence-electron chi connectivity index (χ2n) is 8.08. The van der Waals surface area contributed by atoms with Crippen molar-refractivity contribution in [3.63, 3.8) is 0 Å². The highest BCUT2D eigenvalue weighted by Crippen LogP contribution is 2.41. The van der Waals surface area contributed by atoms with Gasteiger partial charge in [-0.1, -0.05) is 19.1 Å². The van der Waals surface area contributed by atoms with E-state index in [9.17, 15) is 4.79 Å². The van der Waals surface area contributed by atoms with Gasteiger partial charge in [-0.05, 0) is 37.0 Å². The maximum atomic E-state index is 11.1. The first-order chi connectivity index (χ1) is 16.5. The van der Waals surface area contributed by atoms with Crippen molar-refractivity contribution in [3.8, 4) is 28.5 Å². The average Bonchev–Trinajstić information content (AvgIpc) is 2.85. The Balaban J connectivity index is 1.49. The highest BCUT2D eigenvalue weighted by atomic mass is 16.6. The van der Waals surface area contributed by atoms with Gasteiger partial charge in [0.2, 0.25) is 0 Å². The summed E-state index contributed by atoms with van der Waals surface area (Å²) in [5, 5.41) is 12.5. The molecule has 34 heavy (non-hydrogen) atoms. The van der Waals surface area contributed by atoms with Crippen LogP contribution in [0, 0.1) is 6.92 Å². The minimum atomic E-state index is -0.833. The van der Waals surface area contributed by atoms with Crippen LogP contribution in [0.4, 0.5) is 5.82 Å². The van der Waals surface area contributed by atoms with E-state index < -0.39 is 5.97 Å². The van der Waals surface area contributed by atoms with Gasteiger partial charge in [0.25, 0.3) is 0 Å². The molecule has 4 rings (SSSR count). The van der Waals surface area contributed by atoms with Crippen molar-refractivity contribution in [2.75, 3.05) is 32.2 Å². The van der Waals surface area contributed by atoms with Crippen molar-refractivity contribution in [2.45, 2.75) is 33.1 Å². The molecule has 178 valence electrons. The van der Waals surface area contributed by atoms with E-state index in [0.717, 1.165) is 63.6 Å². The summed E-state index contributed by atoms with van der Waals surface area (Å²) < 4.78 is 17.1. The fraction of sp³-hybridized carbons (Fsp3) is 0.346. The van der Waals surface area contributed by atoms with Gasteiger partial charge in [0.1, 0.15) is 31.1 Å². The molecule has 2 aromatic carbocycles. The van der Waals surface area contributed by atoms with Crippen molar-refractivity contribution in [2.24, 2.45) is 0 Å². The van der Waals surface area contributed by atoms with E-state index in [0.29, 0.717) is 25.6 Å². The fourth-order valence-electron chi connectivity index (χ4n) is 4.23. The second kappa shape index (κ2) is 10.4.